The molecule has 1 aliphatic rings. The average Bonchev–Trinajstić information content (AvgIpc) is 2.41. The number of nitrogen functional groups attached to an aromatic ring is 1. The molecule has 1 aromatic rings. The van der Waals surface area contributed by atoms with E-state index in [2.05, 4.69) is 5.32 Å². The van der Waals surface area contributed by atoms with Crippen LogP contribution in [-0.4, -0.2) is 28.8 Å². The lowest BCUT2D eigenvalue weighted by atomic mass is 9.87. The molecular weight excluding hydrogens is 263 g/mol. The Morgan fingerprint density at radius 2 is 2.00 bits per heavy atom. The smallest absolute Gasteiger partial charge is 0.340 e. The number of halogens is 1. The van der Waals surface area contributed by atoms with Crippen molar-refractivity contribution in [2.24, 2.45) is 5.92 Å². The van der Waals surface area contributed by atoms with Gasteiger partial charge >= 0.3 is 5.97 Å². The van der Waals surface area contributed by atoms with Gasteiger partial charge in [0.25, 0.3) is 0 Å². The van der Waals surface area contributed by atoms with Gasteiger partial charge in [-0.05, 0) is 43.7 Å². The van der Waals surface area contributed by atoms with Crippen molar-refractivity contribution in [3.05, 3.63) is 23.5 Å². The zero-order valence-electron chi connectivity index (χ0n) is 11.1. The summed E-state index contributed by atoms with van der Waals surface area (Å²) in [5, 5.41) is 21.6. The summed E-state index contributed by atoms with van der Waals surface area (Å²) in [5.74, 6) is -1.59. The third-order valence-electron chi connectivity index (χ3n) is 3.80. The van der Waals surface area contributed by atoms with E-state index in [1.165, 1.54) is 6.07 Å². The van der Waals surface area contributed by atoms with Crippen LogP contribution >= 0.6 is 0 Å². The van der Waals surface area contributed by atoms with Crippen molar-refractivity contribution in [3.8, 4) is 0 Å². The predicted molar refractivity (Wildman–Crippen MR) is 74.2 cm³/mol. The SMILES string of the molecule is Nc1c(F)ccc(NCC2CCC(O)CC2)c1C(=O)O. The monoisotopic (exact) mass is 282 g/mol. The van der Waals surface area contributed by atoms with Crippen LogP contribution in [0.4, 0.5) is 15.8 Å². The third-order valence-corrected chi connectivity index (χ3v) is 3.80. The Bertz CT molecular complexity index is 499. The summed E-state index contributed by atoms with van der Waals surface area (Å²) in [6.45, 7) is 0.595. The van der Waals surface area contributed by atoms with Gasteiger partial charge in [-0.2, -0.15) is 0 Å². The molecule has 0 heterocycles. The van der Waals surface area contributed by atoms with E-state index in [1.54, 1.807) is 0 Å². The molecule has 1 fully saturated rings. The lowest BCUT2D eigenvalue weighted by molar-refractivity contribution is 0.0698. The van der Waals surface area contributed by atoms with Crippen LogP contribution in [0, 0.1) is 11.7 Å². The number of aliphatic hydroxyl groups excluding tert-OH is 1. The fraction of sp³-hybridized carbons (Fsp3) is 0.500. The second-order valence-electron chi connectivity index (χ2n) is 5.24. The van der Waals surface area contributed by atoms with Crippen molar-refractivity contribution in [2.75, 3.05) is 17.6 Å². The van der Waals surface area contributed by atoms with E-state index in [0.29, 0.717) is 18.2 Å². The van der Waals surface area contributed by atoms with Crippen LogP contribution in [0.15, 0.2) is 12.1 Å². The van der Waals surface area contributed by atoms with Gasteiger partial charge < -0.3 is 21.3 Å². The summed E-state index contributed by atoms with van der Waals surface area (Å²) < 4.78 is 13.3. The molecule has 0 aliphatic heterocycles. The summed E-state index contributed by atoms with van der Waals surface area (Å²) in [5.41, 5.74) is 5.25. The Balaban J connectivity index is 2.06. The number of hydrogen-bond donors (Lipinski definition) is 4. The van der Waals surface area contributed by atoms with Crippen LogP contribution < -0.4 is 11.1 Å². The first kappa shape index (κ1) is 14.6. The summed E-state index contributed by atoms with van der Waals surface area (Å²) in [7, 11) is 0. The van der Waals surface area contributed by atoms with Gasteiger partial charge in [0.1, 0.15) is 11.4 Å². The van der Waals surface area contributed by atoms with Gasteiger partial charge in [-0.25, -0.2) is 9.18 Å². The molecule has 20 heavy (non-hydrogen) atoms. The maximum atomic E-state index is 13.3. The Labute approximate surface area is 116 Å². The number of hydrogen-bond acceptors (Lipinski definition) is 4. The molecule has 110 valence electrons. The number of carbonyl (C=O) groups is 1. The first-order valence-corrected chi connectivity index (χ1v) is 6.72. The molecular formula is C14H19FN2O3. The molecule has 0 amide bonds. The zero-order chi connectivity index (χ0) is 14.7. The molecule has 1 aromatic carbocycles. The zero-order valence-corrected chi connectivity index (χ0v) is 11.1. The lowest BCUT2D eigenvalue weighted by Crippen LogP contribution is -2.24. The molecule has 0 aromatic heterocycles. The highest BCUT2D eigenvalue weighted by atomic mass is 19.1. The van der Waals surface area contributed by atoms with E-state index in [-0.39, 0.29) is 17.4 Å². The molecule has 1 saturated carbocycles. The van der Waals surface area contributed by atoms with Gasteiger partial charge in [-0.15, -0.1) is 0 Å². The number of nitrogens with one attached hydrogen (secondary N) is 1. The van der Waals surface area contributed by atoms with Gasteiger partial charge in [0.15, 0.2) is 0 Å². The molecule has 6 heteroatoms. The fourth-order valence-corrected chi connectivity index (χ4v) is 2.58. The Morgan fingerprint density at radius 3 is 2.60 bits per heavy atom. The number of nitrogens with two attached hydrogens (primary N) is 1. The van der Waals surface area contributed by atoms with Crippen molar-refractivity contribution in [1.29, 1.82) is 0 Å². The minimum absolute atomic E-state index is 0.220. The third kappa shape index (κ3) is 3.19. The first-order valence-electron chi connectivity index (χ1n) is 6.72. The molecule has 0 saturated heterocycles. The van der Waals surface area contributed by atoms with E-state index in [9.17, 15) is 14.3 Å². The van der Waals surface area contributed by atoms with E-state index in [4.69, 9.17) is 10.8 Å². The van der Waals surface area contributed by atoms with Gasteiger partial charge in [0.05, 0.1) is 17.5 Å². The number of carboxylic acids is 1. The molecule has 0 radical (unpaired) electrons. The second kappa shape index (κ2) is 6.09. The Kier molecular flexibility index (Phi) is 4.44. The van der Waals surface area contributed by atoms with E-state index in [0.717, 1.165) is 31.7 Å². The molecule has 1 aliphatic carbocycles. The molecule has 2 rings (SSSR count). The second-order valence-corrected chi connectivity index (χ2v) is 5.24. The quantitative estimate of drug-likeness (QED) is 0.634. The van der Waals surface area contributed by atoms with Crippen molar-refractivity contribution in [3.63, 3.8) is 0 Å². The highest BCUT2D eigenvalue weighted by Gasteiger charge is 2.21. The van der Waals surface area contributed by atoms with Crippen molar-refractivity contribution < 1.29 is 19.4 Å². The minimum atomic E-state index is -1.25. The molecule has 0 bridgehead atoms. The summed E-state index contributed by atoms with van der Waals surface area (Å²) >= 11 is 0. The number of aliphatic hydroxyl groups is 1. The first-order chi connectivity index (χ1) is 9.49. The summed E-state index contributed by atoms with van der Waals surface area (Å²) in [6, 6.07) is 2.56. The van der Waals surface area contributed by atoms with Crippen LogP contribution in [0.3, 0.4) is 0 Å². The van der Waals surface area contributed by atoms with Crippen LogP contribution in [0.2, 0.25) is 0 Å². The average molecular weight is 282 g/mol. The van der Waals surface area contributed by atoms with Crippen LogP contribution in [0.1, 0.15) is 36.0 Å². The summed E-state index contributed by atoms with van der Waals surface area (Å²) in [6.07, 6.45) is 3.11. The maximum absolute atomic E-state index is 13.3. The van der Waals surface area contributed by atoms with Gasteiger partial charge in [0.2, 0.25) is 0 Å². The highest BCUT2D eigenvalue weighted by molar-refractivity contribution is 6.00. The van der Waals surface area contributed by atoms with Crippen LogP contribution in [-0.2, 0) is 0 Å². The van der Waals surface area contributed by atoms with Crippen LogP contribution in [0.25, 0.3) is 0 Å². The maximum Gasteiger partial charge on any atom is 0.340 e. The number of carboxylic acid groups (broad SMARTS) is 1. The fourth-order valence-electron chi connectivity index (χ4n) is 2.58. The topological polar surface area (TPSA) is 95.6 Å². The normalized spacial score (nSPS) is 22.5. The molecule has 0 spiro atoms. The summed E-state index contributed by atoms with van der Waals surface area (Å²) in [4.78, 5) is 11.2. The van der Waals surface area contributed by atoms with Gasteiger partial charge in [-0.3, -0.25) is 0 Å². The minimum Gasteiger partial charge on any atom is -0.478 e. The van der Waals surface area contributed by atoms with E-state index >= 15 is 0 Å². The standard InChI is InChI=1S/C14H19FN2O3/c15-10-5-6-11(12(13(10)16)14(19)20)17-7-8-1-3-9(18)4-2-8/h5-6,8-9,17-18H,1-4,7,16H2,(H,19,20). The number of rotatable bonds is 4. The van der Waals surface area contributed by atoms with E-state index in [1.807, 2.05) is 0 Å². The largest absolute Gasteiger partial charge is 0.478 e. The molecule has 0 unspecified atom stereocenters. The highest BCUT2D eigenvalue weighted by Crippen LogP contribution is 2.28. The Hall–Kier alpha value is -1.82. The van der Waals surface area contributed by atoms with Crippen molar-refractivity contribution in [2.45, 2.75) is 31.8 Å². The van der Waals surface area contributed by atoms with Crippen LogP contribution in [0.5, 0.6) is 0 Å². The van der Waals surface area contributed by atoms with Crippen molar-refractivity contribution >= 4 is 17.3 Å². The van der Waals surface area contributed by atoms with Gasteiger partial charge in [0, 0.05) is 6.54 Å². The Morgan fingerprint density at radius 1 is 1.35 bits per heavy atom. The molecule has 0 atom stereocenters. The number of aromatic carboxylic acids is 1. The van der Waals surface area contributed by atoms with E-state index < -0.39 is 11.8 Å². The van der Waals surface area contributed by atoms with Crippen molar-refractivity contribution in [1.82, 2.24) is 0 Å². The predicted octanol–water partition coefficient (Wildman–Crippen LogP) is 2.07. The molecule has 5 nitrogen and oxygen atoms in total. The lowest BCUT2D eigenvalue weighted by Gasteiger charge is -2.26. The van der Waals surface area contributed by atoms with Gasteiger partial charge in [-0.1, -0.05) is 0 Å². The number of anilines is 2. The number of benzene rings is 1. The molecule has 5 N–H and O–H groups in total.